The maximum Gasteiger partial charge on any atom is 0.225 e. The van der Waals surface area contributed by atoms with Crippen molar-refractivity contribution in [2.75, 3.05) is 7.11 Å². The molecule has 1 heterocycles. The second-order valence-electron chi connectivity index (χ2n) is 6.28. The van der Waals surface area contributed by atoms with Crippen LogP contribution in [0.3, 0.4) is 0 Å². The van der Waals surface area contributed by atoms with Gasteiger partial charge in [-0.1, -0.05) is 36.4 Å². The predicted molar refractivity (Wildman–Crippen MR) is 101 cm³/mol. The molecule has 5 heteroatoms. The first-order valence-corrected chi connectivity index (χ1v) is 8.53. The summed E-state index contributed by atoms with van der Waals surface area (Å²) >= 11 is 0. The molecule has 3 aromatic rings. The van der Waals surface area contributed by atoms with Crippen molar-refractivity contribution in [3.8, 4) is 5.75 Å². The Kier molecular flexibility index (Phi) is 5.37. The van der Waals surface area contributed by atoms with Crippen molar-refractivity contribution in [1.29, 1.82) is 0 Å². The fourth-order valence-electron chi connectivity index (χ4n) is 2.99. The van der Waals surface area contributed by atoms with Gasteiger partial charge in [-0.05, 0) is 35.7 Å². The molecule has 0 spiro atoms. The lowest BCUT2D eigenvalue weighted by atomic mass is 10.00. The minimum absolute atomic E-state index is 0.0496. The number of carbonyl (C=O) groups excluding carboxylic acids is 1. The molecule has 0 fully saturated rings. The highest BCUT2D eigenvalue weighted by Crippen LogP contribution is 2.23. The van der Waals surface area contributed by atoms with Gasteiger partial charge in [0.1, 0.15) is 17.6 Å². The maximum absolute atomic E-state index is 12.7. The van der Waals surface area contributed by atoms with Crippen molar-refractivity contribution >= 4 is 5.91 Å². The first-order valence-electron chi connectivity index (χ1n) is 8.53. The number of aryl methyl sites for hydroxylation is 2. The third kappa shape index (κ3) is 3.94. The second kappa shape index (κ2) is 7.87. The number of hydrogen-bond donors (Lipinski definition) is 1. The molecule has 0 radical (unpaired) electrons. The topological polar surface area (TPSA) is 56.1 Å². The molecule has 0 aliphatic heterocycles. The normalized spacial score (nSPS) is 11.8. The van der Waals surface area contributed by atoms with Crippen molar-refractivity contribution in [2.45, 2.75) is 19.4 Å². The lowest BCUT2D eigenvalue weighted by Crippen LogP contribution is -2.32. The third-order valence-electron chi connectivity index (χ3n) is 4.45. The van der Waals surface area contributed by atoms with Crippen molar-refractivity contribution < 1.29 is 9.53 Å². The summed E-state index contributed by atoms with van der Waals surface area (Å²) in [7, 11) is 3.56. The lowest BCUT2D eigenvalue weighted by Gasteiger charge is -2.21. The van der Waals surface area contributed by atoms with Crippen LogP contribution in [0.2, 0.25) is 0 Å². The second-order valence-corrected chi connectivity index (χ2v) is 6.28. The Balaban J connectivity index is 1.82. The molecule has 1 N–H and O–H groups in total. The summed E-state index contributed by atoms with van der Waals surface area (Å²) in [4.78, 5) is 17.1. The summed E-state index contributed by atoms with van der Waals surface area (Å²) in [6, 6.07) is 15.3. The molecule has 0 saturated heterocycles. The van der Waals surface area contributed by atoms with Gasteiger partial charge in [0.15, 0.2) is 0 Å². The molecule has 0 aliphatic rings. The SMILES string of the molecule is COc1ccc(CC(=O)NC(c2ccccc2C)c2nccn2C)cc1. The number of nitrogens with one attached hydrogen (secondary N) is 1. The molecule has 2 aromatic carbocycles. The van der Waals surface area contributed by atoms with Crippen LogP contribution in [0, 0.1) is 6.92 Å². The van der Waals surface area contributed by atoms with Gasteiger partial charge >= 0.3 is 0 Å². The summed E-state index contributed by atoms with van der Waals surface area (Å²) in [5.74, 6) is 1.54. The zero-order valence-corrected chi connectivity index (χ0v) is 15.3. The number of nitrogens with zero attached hydrogens (tertiary/aromatic N) is 2. The molecular weight excluding hydrogens is 326 g/mol. The zero-order chi connectivity index (χ0) is 18.5. The number of aromatic nitrogens is 2. The Morgan fingerprint density at radius 3 is 2.54 bits per heavy atom. The number of ether oxygens (including phenoxy) is 1. The van der Waals surface area contributed by atoms with Crippen LogP contribution in [0.5, 0.6) is 5.75 Å². The van der Waals surface area contributed by atoms with Crippen LogP contribution < -0.4 is 10.1 Å². The average molecular weight is 349 g/mol. The molecule has 0 aliphatic carbocycles. The van der Waals surface area contributed by atoms with E-state index in [2.05, 4.69) is 10.3 Å². The molecule has 5 nitrogen and oxygen atoms in total. The quantitative estimate of drug-likeness (QED) is 0.744. The molecule has 1 amide bonds. The van der Waals surface area contributed by atoms with E-state index in [1.54, 1.807) is 13.3 Å². The van der Waals surface area contributed by atoms with Gasteiger partial charge in [-0.2, -0.15) is 0 Å². The number of hydrogen-bond acceptors (Lipinski definition) is 3. The van der Waals surface area contributed by atoms with E-state index in [9.17, 15) is 4.79 Å². The van der Waals surface area contributed by atoms with Gasteiger partial charge in [0.2, 0.25) is 5.91 Å². The van der Waals surface area contributed by atoms with Crippen LogP contribution in [0.1, 0.15) is 28.6 Å². The number of benzene rings is 2. The number of amides is 1. The van der Waals surface area contributed by atoms with E-state index in [1.807, 2.05) is 73.3 Å². The Hall–Kier alpha value is -3.08. The Bertz CT molecular complexity index is 884. The lowest BCUT2D eigenvalue weighted by molar-refractivity contribution is -0.121. The fraction of sp³-hybridized carbons (Fsp3) is 0.238. The number of imidazole rings is 1. The number of methoxy groups -OCH3 is 1. The Morgan fingerprint density at radius 2 is 1.92 bits per heavy atom. The van der Waals surface area contributed by atoms with Gasteiger partial charge < -0.3 is 14.6 Å². The monoisotopic (exact) mass is 349 g/mol. The smallest absolute Gasteiger partial charge is 0.225 e. The first kappa shape index (κ1) is 17.7. The van der Waals surface area contributed by atoms with E-state index in [4.69, 9.17) is 4.74 Å². The van der Waals surface area contributed by atoms with Gasteiger partial charge in [-0.3, -0.25) is 4.79 Å². The molecule has 0 bridgehead atoms. The van der Waals surface area contributed by atoms with Gasteiger partial charge in [-0.15, -0.1) is 0 Å². The van der Waals surface area contributed by atoms with E-state index in [0.29, 0.717) is 6.42 Å². The third-order valence-corrected chi connectivity index (χ3v) is 4.45. The average Bonchev–Trinajstić information content (AvgIpc) is 3.07. The molecule has 1 aromatic heterocycles. The van der Waals surface area contributed by atoms with E-state index < -0.39 is 0 Å². The summed E-state index contributed by atoms with van der Waals surface area (Å²) in [6.45, 7) is 2.04. The summed E-state index contributed by atoms with van der Waals surface area (Å²) in [5, 5.41) is 3.14. The highest BCUT2D eigenvalue weighted by molar-refractivity contribution is 5.79. The molecule has 134 valence electrons. The van der Waals surface area contributed by atoms with Crippen LogP contribution in [0.25, 0.3) is 0 Å². The van der Waals surface area contributed by atoms with Crippen LogP contribution in [-0.2, 0) is 18.3 Å². The highest BCUT2D eigenvalue weighted by atomic mass is 16.5. The van der Waals surface area contributed by atoms with Gasteiger partial charge in [0, 0.05) is 19.4 Å². The van der Waals surface area contributed by atoms with E-state index in [1.165, 1.54) is 0 Å². The number of rotatable bonds is 6. The molecular formula is C21H23N3O2. The Morgan fingerprint density at radius 1 is 1.19 bits per heavy atom. The van der Waals surface area contributed by atoms with Crippen LogP contribution in [-0.4, -0.2) is 22.6 Å². The van der Waals surface area contributed by atoms with Crippen molar-refractivity contribution in [2.24, 2.45) is 7.05 Å². The molecule has 3 rings (SSSR count). The summed E-state index contributed by atoms with van der Waals surface area (Å²) in [5.41, 5.74) is 3.10. The predicted octanol–water partition coefficient (Wildman–Crippen LogP) is 3.19. The molecule has 1 atom stereocenters. The van der Waals surface area contributed by atoms with Crippen LogP contribution in [0.4, 0.5) is 0 Å². The van der Waals surface area contributed by atoms with E-state index >= 15 is 0 Å². The largest absolute Gasteiger partial charge is 0.497 e. The van der Waals surface area contributed by atoms with Crippen LogP contribution >= 0.6 is 0 Å². The van der Waals surface area contributed by atoms with Crippen molar-refractivity contribution in [3.63, 3.8) is 0 Å². The minimum Gasteiger partial charge on any atom is -0.497 e. The van der Waals surface area contributed by atoms with Crippen molar-refractivity contribution in [1.82, 2.24) is 14.9 Å². The molecule has 26 heavy (non-hydrogen) atoms. The van der Waals surface area contributed by atoms with Gasteiger partial charge in [0.05, 0.1) is 13.5 Å². The maximum atomic E-state index is 12.7. The summed E-state index contributed by atoms with van der Waals surface area (Å²) in [6.07, 6.45) is 3.93. The van der Waals surface area contributed by atoms with Crippen molar-refractivity contribution in [3.05, 3.63) is 83.4 Å². The van der Waals surface area contributed by atoms with E-state index in [0.717, 1.165) is 28.3 Å². The fourth-order valence-corrected chi connectivity index (χ4v) is 2.99. The number of carbonyl (C=O) groups is 1. The highest BCUT2D eigenvalue weighted by Gasteiger charge is 2.22. The minimum atomic E-state index is -0.290. The van der Waals surface area contributed by atoms with E-state index in [-0.39, 0.29) is 11.9 Å². The standard InChI is InChI=1S/C21H23N3O2/c1-15-6-4-5-7-18(15)20(21-22-12-13-24(21)2)23-19(25)14-16-8-10-17(26-3)11-9-16/h4-13,20H,14H2,1-3H3,(H,23,25). The zero-order valence-electron chi connectivity index (χ0n) is 15.3. The Labute approximate surface area is 153 Å². The first-order chi connectivity index (χ1) is 12.6. The van der Waals surface area contributed by atoms with Gasteiger partial charge in [0.25, 0.3) is 0 Å². The summed E-state index contributed by atoms with van der Waals surface area (Å²) < 4.78 is 7.10. The molecule has 0 saturated carbocycles. The molecule has 1 unspecified atom stereocenters. The van der Waals surface area contributed by atoms with Gasteiger partial charge in [-0.25, -0.2) is 4.98 Å². The van der Waals surface area contributed by atoms with Crippen LogP contribution in [0.15, 0.2) is 60.9 Å².